The number of aromatic nitrogens is 3. The summed E-state index contributed by atoms with van der Waals surface area (Å²) in [5.74, 6) is 1.88. The summed E-state index contributed by atoms with van der Waals surface area (Å²) in [6.07, 6.45) is 4.03. The predicted molar refractivity (Wildman–Crippen MR) is 104 cm³/mol. The van der Waals surface area contributed by atoms with E-state index in [0.717, 1.165) is 42.0 Å². The molecule has 0 radical (unpaired) electrons. The molecule has 2 aromatic heterocycles. The van der Waals surface area contributed by atoms with Gasteiger partial charge in [-0.3, -0.25) is 0 Å². The largest absolute Gasteiger partial charge is 0.494 e. The number of hydrogen-bond donors (Lipinski definition) is 1. The van der Waals surface area contributed by atoms with Crippen molar-refractivity contribution in [3.8, 4) is 27.9 Å². The Balaban J connectivity index is 0.00000196. The molecule has 0 saturated heterocycles. The van der Waals surface area contributed by atoms with Crippen molar-refractivity contribution in [2.45, 2.75) is 38.1 Å². The van der Waals surface area contributed by atoms with Crippen LogP contribution < -0.4 is 10.5 Å². The monoisotopic (exact) mass is 392 g/mol. The van der Waals surface area contributed by atoms with Gasteiger partial charge in [0.15, 0.2) is 5.82 Å². The highest BCUT2D eigenvalue weighted by Gasteiger charge is 2.36. The van der Waals surface area contributed by atoms with Crippen molar-refractivity contribution >= 4 is 23.7 Å². The molecule has 0 spiro atoms. The van der Waals surface area contributed by atoms with E-state index in [4.69, 9.17) is 15.0 Å². The van der Waals surface area contributed by atoms with Gasteiger partial charge in [0.2, 0.25) is 0 Å². The van der Waals surface area contributed by atoms with E-state index in [1.54, 1.807) is 11.3 Å². The van der Waals surface area contributed by atoms with Crippen molar-refractivity contribution in [1.29, 1.82) is 0 Å². The van der Waals surface area contributed by atoms with Gasteiger partial charge < -0.3 is 15.0 Å². The average molecular weight is 393 g/mol. The molecule has 1 aliphatic carbocycles. The smallest absolute Gasteiger partial charge is 0.277 e. The first kappa shape index (κ1) is 18.8. The molecular formula is C18H21ClN4O2S. The SMILES string of the molecule is CCOc1ccc(-c2nc(-c3nc(C4(N)CCCC4)no3)cs2)cc1.Cl. The minimum atomic E-state index is -0.449. The van der Waals surface area contributed by atoms with Gasteiger partial charge in [-0.1, -0.05) is 18.0 Å². The van der Waals surface area contributed by atoms with E-state index in [2.05, 4.69) is 15.1 Å². The maximum absolute atomic E-state index is 6.39. The third-order valence-corrected chi connectivity index (χ3v) is 5.39. The molecule has 2 heterocycles. The fraction of sp³-hybridized carbons (Fsp3) is 0.389. The molecule has 26 heavy (non-hydrogen) atoms. The Morgan fingerprint density at radius 2 is 1.92 bits per heavy atom. The van der Waals surface area contributed by atoms with Crippen LogP contribution in [0.15, 0.2) is 34.2 Å². The third kappa shape index (κ3) is 3.60. The molecule has 8 heteroatoms. The van der Waals surface area contributed by atoms with E-state index >= 15 is 0 Å². The van der Waals surface area contributed by atoms with Crippen LogP contribution in [-0.4, -0.2) is 21.7 Å². The van der Waals surface area contributed by atoms with E-state index < -0.39 is 5.54 Å². The Labute approximate surface area is 162 Å². The lowest BCUT2D eigenvalue weighted by Crippen LogP contribution is -2.34. The van der Waals surface area contributed by atoms with E-state index in [0.29, 0.717) is 24.0 Å². The van der Waals surface area contributed by atoms with E-state index in [-0.39, 0.29) is 12.4 Å². The molecule has 0 aliphatic heterocycles. The van der Waals surface area contributed by atoms with E-state index in [9.17, 15) is 0 Å². The molecule has 4 rings (SSSR count). The number of halogens is 1. The third-order valence-electron chi connectivity index (χ3n) is 4.50. The molecule has 3 aromatic rings. The first-order chi connectivity index (χ1) is 12.2. The van der Waals surface area contributed by atoms with Crippen LogP contribution in [-0.2, 0) is 5.54 Å². The lowest BCUT2D eigenvalue weighted by Gasteiger charge is -2.17. The van der Waals surface area contributed by atoms with Crippen molar-refractivity contribution in [1.82, 2.24) is 15.1 Å². The summed E-state index contributed by atoms with van der Waals surface area (Å²) in [6.45, 7) is 2.62. The van der Waals surface area contributed by atoms with Crippen molar-refractivity contribution < 1.29 is 9.26 Å². The fourth-order valence-electron chi connectivity index (χ4n) is 3.12. The summed E-state index contributed by atoms with van der Waals surface area (Å²) < 4.78 is 10.9. The van der Waals surface area contributed by atoms with Crippen LogP contribution in [0, 0.1) is 0 Å². The topological polar surface area (TPSA) is 87.1 Å². The van der Waals surface area contributed by atoms with Gasteiger partial charge in [0.1, 0.15) is 16.5 Å². The fourth-order valence-corrected chi connectivity index (χ4v) is 3.92. The standard InChI is InChI=1S/C18H20N4O2S.ClH/c1-2-23-13-7-5-12(6-8-13)16-20-14(11-25-16)15-21-17(22-24-15)18(19)9-3-4-10-18;/h5-8,11H,2-4,9-10,19H2,1H3;1H. The highest BCUT2D eigenvalue weighted by atomic mass is 35.5. The number of thiazole rings is 1. The first-order valence-corrected chi connectivity index (χ1v) is 9.38. The van der Waals surface area contributed by atoms with Crippen LogP contribution in [0.3, 0.4) is 0 Å². The molecule has 1 aromatic carbocycles. The van der Waals surface area contributed by atoms with Crippen LogP contribution >= 0.6 is 23.7 Å². The molecule has 1 saturated carbocycles. The quantitative estimate of drug-likeness (QED) is 0.692. The second kappa shape index (κ2) is 7.73. The van der Waals surface area contributed by atoms with E-state index in [1.165, 1.54) is 0 Å². The van der Waals surface area contributed by atoms with E-state index in [1.807, 2.05) is 36.6 Å². The number of nitrogens with two attached hydrogens (primary N) is 1. The van der Waals surface area contributed by atoms with Gasteiger partial charge in [-0.15, -0.1) is 23.7 Å². The van der Waals surface area contributed by atoms with Crippen molar-refractivity contribution in [3.63, 3.8) is 0 Å². The van der Waals surface area contributed by atoms with Crippen molar-refractivity contribution in [2.75, 3.05) is 6.61 Å². The number of rotatable bonds is 5. The molecule has 6 nitrogen and oxygen atoms in total. The Kier molecular flexibility index (Phi) is 5.60. The summed E-state index contributed by atoms with van der Waals surface area (Å²) in [7, 11) is 0. The zero-order valence-corrected chi connectivity index (χ0v) is 16.1. The molecule has 1 fully saturated rings. The Hall–Kier alpha value is -1.96. The van der Waals surface area contributed by atoms with Crippen molar-refractivity contribution in [2.24, 2.45) is 5.73 Å². The van der Waals surface area contributed by atoms with Gasteiger partial charge in [-0.2, -0.15) is 4.98 Å². The van der Waals surface area contributed by atoms with Gasteiger partial charge in [-0.05, 0) is 44.0 Å². The Morgan fingerprint density at radius 1 is 1.19 bits per heavy atom. The molecule has 0 unspecified atom stereocenters. The zero-order valence-electron chi connectivity index (χ0n) is 14.5. The number of nitrogens with zero attached hydrogens (tertiary/aromatic N) is 3. The second-order valence-corrected chi connectivity index (χ2v) is 7.14. The lowest BCUT2D eigenvalue weighted by molar-refractivity contribution is 0.340. The van der Waals surface area contributed by atoms with Gasteiger partial charge in [0, 0.05) is 10.9 Å². The molecular weight excluding hydrogens is 372 g/mol. The summed E-state index contributed by atoms with van der Waals surface area (Å²) in [4.78, 5) is 9.13. The van der Waals surface area contributed by atoms with Crippen molar-refractivity contribution in [3.05, 3.63) is 35.5 Å². The van der Waals surface area contributed by atoms with Crippen LogP contribution in [0.1, 0.15) is 38.4 Å². The summed E-state index contributed by atoms with van der Waals surface area (Å²) >= 11 is 1.55. The Bertz CT molecular complexity index is 856. The summed E-state index contributed by atoms with van der Waals surface area (Å²) in [5, 5.41) is 6.93. The van der Waals surface area contributed by atoms with Gasteiger partial charge in [0.25, 0.3) is 5.89 Å². The second-order valence-electron chi connectivity index (χ2n) is 6.28. The highest BCUT2D eigenvalue weighted by molar-refractivity contribution is 7.13. The normalized spacial score (nSPS) is 15.6. The minimum Gasteiger partial charge on any atom is -0.494 e. The van der Waals surface area contributed by atoms with Gasteiger partial charge in [0.05, 0.1) is 12.1 Å². The zero-order chi connectivity index (χ0) is 17.3. The number of ether oxygens (including phenoxy) is 1. The Morgan fingerprint density at radius 3 is 2.62 bits per heavy atom. The maximum Gasteiger partial charge on any atom is 0.277 e. The van der Waals surface area contributed by atoms with Gasteiger partial charge >= 0.3 is 0 Å². The molecule has 138 valence electrons. The van der Waals surface area contributed by atoms with Crippen LogP contribution in [0.25, 0.3) is 22.2 Å². The molecule has 0 amide bonds. The maximum atomic E-state index is 6.39. The minimum absolute atomic E-state index is 0. The summed E-state index contributed by atoms with van der Waals surface area (Å²) in [5.41, 5.74) is 7.67. The molecule has 2 N–H and O–H groups in total. The van der Waals surface area contributed by atoms with Crippen LogP contribution in [0.2, 0.25) is 0 Å². The van der Waals surface area contributed by atoms with Crippen LogP contribution in [0.4, 0.5) is 0 Å². The average Bonchev–Trinajstić information content (AvgIpc) is 3.36. The predicted octanol–water partition coefficient (Wildman–Crippen LogP) is 4.41. The first-order valence-electron chi connectivity index (χ1n) is 8.50. The molecule has 0 bridgehead atoms. The van der Waals surface area contributed by atoms with Crippen LogP contribution in [0.5, 0.6) is 5.75 Å². The molecule has 0 atom stereocenters. The number of benzene rings is 1. The summed E-state index contributed by atoms with van der Waals surface area (Å²) in [6, 6.07) is 7.90. The van der Waals surface area contributed by atoms with Gasteiger partial charge in [-0.25, -0.2) is 4.98 Å². The molecule has 1 aliphatic rings. The highest BCUT2D eigenvalue weighted by Crippen LogP contribution is 2.36. The lowest BCUT2D eigenvalue weighted by atomic mass is 9.99. The number of hydrogen-bond acceptors (Lipinski definition) is 7.